The molecule has 1 N–H and O–H groups in total. The molecule has 1 aromatic rings. The van der Waals surface area contributed by atoms with E-state index in [0.29, 0.717) is 12.0 Å². The second-order valence-corrected chi connectivity index (χ2v) is 4.44. The van der Waals surface area contributed by atoms with E-state index in [1.54, 1.807) is 7.11 Å². The summed E-state index contributed by atoms with van der Waals surface area (Å²) in [5, 5.41) is 3.59. The van der Waals surface area contributed by atoms with Crippen LogP contribution < -0.4 is 5.32 Å². The van der Waals surface area contributed by atoms with Gasteiger partial charge in [-0.05, 0) is 24.9 Å². The fraction of sp³-hybridized carbons (Fsp3) is 0.600. The van der Waals surface area contributed by atoms with Crippen molar-refractivity contribution in [2.45, 2.75) is 38.6 Å². The average molecular weight is 235 g/mol. The molecule has 2 unspecified atom stereocenters. The zero-order chi connectivity index (χ0) is 12.5. The molecule has 0 aliphatic heterocycles. The van der Waals surface area contributed by atoms with Gasteiger partial charge in [0.25, 0.3) is 0 Å². The first-order chi connectivity index (χ1) is 8.33. The molecule has 0 amide bonds. The SMILES string of the molecule is CCCNC(COC)C(CC)c1ccccc1. The minimum atomic E-state index is 0.410. The van der Waals surface area contributed by atoms with Crippen molar-refractivity contribution in [3.05, 3.63) is 35.9 Å². The molecule has 96 valence electrons. The topological polar surface area (TPSA) is 21.3 Å². The zero-order valence-corrected chi connectivity index (χ0v) is 11.3. The summed E-state index contributed by atoms with van der Waals surface area (Å²) in [6, 6.07) is 11.1. The lowest BCUT2D eigenvalue weighted by atomic mass is 9.89. The second kappa shape index (κ2) is 8.26. The smallest absolute Gasteiger partial charge is 0.0621 e. The van der Waals surface area contributed by atoms with Gasteiger partial charge in [-0.2, -0.15) is 0 Å². The van der Waals surface area contributed by atoms with Crippen LogP contribution in [-0.4, -0.2) is 26.3 Å². The first-order valence-electron chi connectivity index (χ1n) is 6.60. The highest BCUT2D eigenvalue weighted by atomic mass is 16.5. The van der Waals surface area contributed by atoms with Gasteiger partial charge in [0.15, 0.2) is 0 Å². The molecule has 2 atom stereocenters. The predicted octanol–water partition coefficient (Wildman–Crippen LogP) is 3.19. The average Bonchev–Trinajstić information content (AvgIpc) is 2.38. The van der Waals surface area contributed by atoms with Crippen LogP contribution in [0.2, 0.25) is 0 Å². The predicted molar refractivity (Wildman–Crippen MR) is 73.4 cm³/mol. The number of nitrogens with one attached hydrogen (secondary N) is 1. The maximum absolute atomic E-state index is 5.34. The van der Waals surface area contributed by atoms with Gasteiger partial charge >= 0.3 is 0 Å². The summed E-state index contributed by atoms with van der Waals surface area (Å²) in [5.74, 6) is 0.530. The molecule has 2 heteroatoms. The van der Waals surface area contributed by atoms with E-state index in [2.05, 4.69) is 49.5 Å². The van der Waals surface area contributed by atoms with Crippen LogP contribution in [0.1, 0.15) is 38.2 Å². The maximum Gasteiger partial charge on any atom is 0.0621 e. The second-order valence-electron chi connectivity index (χ2n) is 4.44. The van der Waals surface area contributed by atoms with Crippen molar-refractivity contribution in [1.29, 1.82) is 0 Å². The number of ether oxygens (including phenoxy) is 1. The monoisotopic (exact) mass is 235 g/mol. The number of rotatable bonds is 8. The summed E-state index contributed by atoms with van der Waals surface area (Å²) in [7, 11) is 1.78. The van der Waals surface area contributed by atoms with Crippen molar-refractivity contribution in [2.75, 3.05) is 20.3 Å². The normalized spacial score (nSPS) is 14.5. The molecule has 0 aliphatic carbocycles. The van der Waals surface area contributed by atoms with Gasteiger partial charge in [-0.25, -0.2) is 0 Å². The number of methoxy groups -OCH3 is 1. The Morgan fingerprint density at radius 2 is 1.88 bits per heavy atom. The Morgan fingerprint density at radius 3 is 2.41 bits per heavy atom. The number of hydrogen-bond acceptors (Lipinski definition) is 2. The molecule has 1 aromatic carbocycles. The Hall–Kier alpha value is -0.860. The van der Waals surface area contributed by atoms with Gasteiger partial charge in [0.1, 0.15) is 0 Å². The molecule has 0 bridgehead atoms. The fourth-order valence-electron chi connectivity index (χ4n) is 2.28. The van der Waals surface area contributed by atoms with Gasteiger partial charge < -0.3 is 10.1 Å². The van der Waals surface area contributed by atoms with Crippen LogP contribution in [0, 0.1) is 0 Å². The van der Waals surface area contributed by atoms with Crippen molar-refractivity contribution in [3.63, 3.8) is 0 Å². The fourth-order valence-corrected chi connectivity index (χ4v) is 2.28. The highest BCUT2D eigenvalue weighted by Gasteiger charge is 2.20. The summed E-state index contributed by atoms with van der Waals surface area (Å²) >= 11 is 0. The molecular formula is C15H25NO. The molecule has 17 heavy (non-hydrogen) atoms. The molecule has 0 aromatic heterocycles. The van der Waals surface area contributed by atoms with Crippen molar-refractivity contribution < 1.29 is 4.74 Å². The molecule has 0 radical (unpaired) electrons. The Kier molecular flexibility index (Phi) is 6.90. The highest BCUT2D eigenvalue weighted by Crippen LogP contribution is 2.23. The maximum atomic E-state index is 5.34. The molecule has 0 aliphatic rings. The standard InChI is InChI=1S/C15H25NO/c1-4-11-16-15(12-17-3)14(5-2)13-9-7-6-8-10-13/h6-10,14-16H,4-5,11-12H2,1-3H3. The third kappa shape index (κ3) is 4.49. The third-order valence-electron chi connectivity index (χ3n) is 3.16. The number of hydrogen-bond donors (Lipinski definition) is 1. The largest absolute Gasteiger partial charge is 0.383 e. The van der Waals surface area contributed by atoms with Gasteiger partial charge in [0.2, 0.25) is 0 Å². The Labute approximate surface area is 105 Å². The Morgan fingerprint density at radius 1 is 1.18 bits per heavy atom. The van der Waals surface area contributed by atoms with Crippen LogP contribution in [0.3, 0.4) is 0 Å². The molecule has 0 fully saturated rings. The van der Waals surface area contributed by atoms with E-state index in [1.807, 2.05) is 0 Å². The quantitative estimate of drug-likeness (QED) is 0.747. The van der Waals surface area contributed by atoms with E-state index in [9.17, 15) is 0 Å². The summed E-state index contributed by atoms with van der Waals surface area (Å²) in [6.07, 6.45) is 2.29. The third-order valence-corrected chi connectivity index (χ3v) is 3.16. The summed E-state index contributed by atoms with van der Waals surface area (Å²) in [4.78, 5) is 0. The molecule has 0 saturated carbocycles. The van der Waals surface area contributed by atoms with Crippen molar-refractivity contribution in [2.24, 2.45) is 0 Å². The molecule has 0 saturated heterocycles. The van der Waals surface area contributed by atoms with Crippen molar-refractivity contribution in [3.8, 4) is 0 Å². The first-order valence-corrected chi connectivity index (χ1v) is 6.60. The van der Waals surface area contributed by atoms with Crippen LogP contribution in [0.4, 0.5) is 0 Å². The molecule has 0 heterocycles. The molecule has 1 rings (SSSR count). The Balaban J connectivity index is 2.73. The number of benzene rings is 1. The zero-order valence-electron chi connectivity index (χ0n) is 11.3. The lowest BCUT2D eigenvalue weighted by Gasteiger charge is -2.27. The summed E-state index contributed by atoms with van der Waals surface area (Å²) < 4.78 is 5.34. The van der Waals surface area contributed by atoms with Gasteiger partial charge in [-0.15, -0.1) is 0 Å². The van der Waals surface area contributed by atoms with Gasteiger partial charge in [0.05, 0.1) is 6.61 Å². The summed E-state index contributed by atoms with van der Waals surface area (Å²) in [5.41, 5.74) is 1.40. The highest BCUT2D eigenvalue weighted by molar-refractivity contribution is 5.21. The minimum Gasteiger partial charge on any atom is -0.383 e. The lowest BCUT2D eigenvalue weighted by molar-refractivity contribution is 0.153. The van der Waals surface area contributed by atoms with E-state index in [-0.39, 0.29) is 0 Å². The van der Waals surface area contributed by atoms with Crippen LogP contribution in [0.5, 0.6) is 0 Å². The Bertz CT molecular complexity index is 286. The van der Waals surface area contributed by atoms with Gasteiger partial charge in [0, 0.05) is 19.1 Å². The van der Waals surface area contributed by atoms with Gasteiger partial charge in [-0.3, -0.25) is 0 Å². The van der Waals surface area contributed by atoms with E-state index < -0.39 is 0 Å². The summed E-state index contributed by atoms with van der Waals surface area (Å²) in [6.45, 7) is 6.26. The minimum absolute atomic E-state index is 0.410. The van der Waals surface area contributed by atoms with Crippen molar-refractivity contribution in [1.82, 2.24) is 5.32 Å². The van der Waals surface area contributed by atoms with Crippen LogP contribution >= 0.6 is 0 Å². The van der Waals surface area contributed by atoms with Crippen molar-refractivity contribution >= 4 is 0 Å². The van der Waals surface area contributed by atoms with Gasteiger partial charge in [-0.1, -0.05) is 44.2 Å². The van der Waals surface area contributed by atoms with Crippen LogP contribution in [0.25, 0.3) is 0 Å². The van der Waals surface area contributed by atoms with Crippen LogP contribution in [-0.2, 0) is 4.74 Å². The van der Waals surface area contributed by atoms with E-state index in [4.69, 9.17) is 4.74 Å². The first kappa shape index (κ1) is 14.2. The van der Waals surface area contributed by atoms with E-state index >= 15 is 0 Å². The van der Waals surface area contributed by atoms with Crippen LogP contribution in [0.15, 0.2) is 30.3 Å². The molecular weight excluding hydrogens is 210 g/mol. The van der Waals surface area contributed by atoms with E-state index in [0.717, 1.165) is 26.0 Å². The molecule has 0 spiro atoms. The van der Waals surface area contributed by atoms with E-state index in [1.165, 1.54) is 5.56 Å². The lowest BCUT2D eigenvalue weighted by Crippen LogP contribution is -2.39. The molecule has 2 nitrogen and oxygen atoms in total.